The molecule has 2 amide bonds. The molecule has 0 saturated carbocycles. The first-order chi connectivity index (χ1) is 11.7. The third kappa shape index (κ3) is 3.50. The van der Waals surface area contributed by atoms with E-state index in [9.17, 15) is 4.79 Å². The summed E-state index contributed by atoms with van der Waals surface area (Å²) < 4.78 is 7.25. The third-order valence-electron chi connectivity index (χ3n) is 4.44. The van der Waals surface area contributed by atoms with Crippen molar-refractivity contribution in [1.29, 1.82) is 0 Å². The number of nitrogens with zero attached hydrogens (tertiary/aromatic N) is 4. The summed E-state index contributed by atoms with van der Waals surface area (Å²) in [4.78, 5) is 14.4. The van der Waals surface area contributed by atoms with E-state index < -0.39 is 0 Å². The Kier molecular flexibility index (Phi) is 4.98. The number of rotatable bonds is 4. The number of carbonyl (C=O) groups is 1. The van der Waals surface area contributed by atoms with E-state index >= 15 is 0 Å². The number of methoxy groups -OCH3 is 1. The van der Waals surface area contributed by atoms with Gasteiger partial charge >= 0.3 is 6.03 Å². The summed E-state index contributed by atoms with van der Waals surface area (Å²) >= 11 is 0. The molecule has 7 heteroatoms. The minimum Gasteiger partial charge on any atom is -0.496 e. The van der Waals surface area contributed by atoms with Crippen molar-refractivity contribution in [3.8, 4) is 5.75 Å². The van der Waals surface area contributed by atoms with Gasteiger partial charge in [-0.1, -0.05) is 18.2 Å². The van der Waals surface area contributed by atoms with E-state index in [0.717, 1.165) is 36.5 Å². The summed E-state index contributed by atoms with van der Waals surface area (Å²) in [6.45, 7) is 1.89. The summed E-state index contributed by atoms with van der Waals surface area (Å²) in [6.07, 6.45) is 3.71. The van der Waals surface area contributed by atoms with Gasteiger partial charge in [-0.15, -0.1) is 10.2 Å². The van der Waals surface area contributed by atoms with Crippen molar-refractivity contribution in [2.45, 2.75) is 25.3 Å². The number of piperidine rings is 1. The van der Waals surface area contributed by atoms with E-state index in [1.807, 2.05) is 40.8 Å². The molecule has 1 atom stereocenters. The molecule has 0 bridgehead atoms. The second-order valence-corrected chi connectivity index (χ2v) is 6.06. The molecule has 0 radical (unpaired) electrons. The van der Waals surface area contributed by atoms with E-state index in [2.05, 4.69) is 15.5 Å². The van der Waals surface area contributed by atoms with Crippen LogP contribution in [0.2, 0.25) is 0 Å². The number of aryl methyl sites for hydroxylation is 1. The lowest BCUT2D eigenvalue weighted by atomic mass is 9.97. The number of hydrogen-bond donors (Lipinski definition) is 1. The molecule has 1 saturated heterocycles. The van der Waals surface area contributed by atoms with Gasteiger partial charge in [0.05, 0.1) is 7.11 Å². The molecule has 3 rings (SSSR count). The zero-order valence-electron chi connectivity index (χ0n) is 14.1. The van der Waals surface area contributed by atoms with Crippen LogP contribution in [0.3, 0.4) is 0 Å². The van der Waals surface area contributed by atoms with Crippen LogP contribution < -0.4 is 10.1 Å². The average Bonchev–Trinajstić information content (AvgIpc) is 3.06. The van der Waals surface area contributed by atoms with Crippen LogP contribution in [0.1, 0.15) is 30.1 Å². The molecule has 2 aromatic rings. The highest BCUT2D eigenvalue weighted by atomic mass is 16.5. The van der Waals surface area contributed by atoms with Gasteiger partial charge in [0.1, 0.15) is 17.9 Å². The quantitative estimate of drug-likeness (QED) is 0.930. The number of benzene rings is 1. The zero-order valence-corrected chi connectivity index (χ0v) is 14.1. The van der Waals surface area contributed by atoms with Gasteiger partial charge in [-0.05, 0) is 18.9 Å². The van der Waals surface area contributed by atoms with Crippen LogP contribution in [0.25, 0.3) is 0 Å². The van der Waals surface area contributed by atoms with Gasteiger partial charge < -0.3 is 19.5 Å². The molecule has 0 spiro atoms. The number of carbonyl (C=O) groups excluding carboxylic acids is 1. The molecule has 128 valence electrons. The zero-order chi connectivity index (χ0) is 16.9. The standard InChI is InChI=1S/C17H23N5O2/c1-21-12-19-20-16(21)14-7-5-9-22(11-14)17(23)18-10-13-6-3-4-8-15(13)24-2/h3-4,6,8,12,14H,5,7,9-11H2,1-2H3,(H,18,23)/t14-/m1/s1. The Morgan fingerprint density at radius 3 is 3.00 bits per heavy atom. The van der Waals surface area contributed by atoms with Crippen LogP contribution in [0, 0.1) is 0 Å². The normalized spacial score (nSPS) is 17.6. The van der Waals surface area contributed by atoms with Crippen molar-refractivity contribution in [1.82, 2.24) is 25.0 Å². The minimum absolute atomic E-state index is 0.0484. The maximum atomic E-state index is 12.5. The van der Waals surface area contributed by atoms with Crippen LogP contribution in [-0.4, -0.2) is 45.9 Å². The lowest BCUT2D eigenvalue weighted by molar-refractivity contribution is 0.177. The van der Waals surface area contributed by atoms with Gasteiger partial charge in [0.25, 0.3) is 0 Å². The van der Waals surface area contributed by atoms with Crippen molar-refractivity contribution >= 4 is 6.03 Å². The average molecular weight is 329 g/mol. The fourth-order valence-electron chi connectivity index (χ4n) is 3.17. The Balaban J connectivity index is 1.59. The highest BCUT2D eigenvalue weighted by Crippen LogP contribution is 2.25. The van der Waals surface area contributed by atoms with Crippen LogP contribution in [0.4, 0.5) is 4.79 Å². The Morgan fingerprint density at radius 1 is 1.42 bits per heavy atom. The predicted octanol–water partition coefficient (Wildman–Crippen LogP) is 1.91. The van der Waals surface area contributed by atoms with Gasteiger partial charge in [-0.3, -0.25) is 0 Å². The Bertz CT molecular complexity index is 700. The maximum absolute atomic E-state index is 12.5. The number of para-hydroxylation sites is 1. The molecular weight excluding hydrogens is 306 g/mol. The summed E-state index contributed by atoms with van der Waals surface area (Å²) in [5.74, 6) is 1.97. The lowest BCUT2D eigenvalue weighted by Crippen LogP contribution is -2.45. The molecule has 1 N–H and O–H groups in total. The molecular formula is C17H23N5O2. The number of hydrogen-bond acceptors (Lipinski definition) is 4. The van der Waals surface area contributed by atoms with Gasteiger partial charge in [0.15, 0.2) is 0 Å². The Hall–Kier alpha value is -2.57. The summed E-state index contributed by atoms with van der Waals surface area (Å²) in [6, 6.07) is 7.66. The van der Waals surface area contributed by atoms with Crippen molar-refractivity contribution in [3.63, 3.8) is 0 Å². The van der Waals surface area contributed by atoms with Crippen molar-refractivity contribution in [2.24, 2.45) is 7.05 Å². The first-order valence-corrected chi connectivity index (χ1v) is 8.17. The van der Waals surface area contributed by atoms with Gasteiger partial charge in [-0.25, -0.2) is 4.79 Å². The van der Waals surface area contributed by atoms with Crippen LogP contribution in [0.5, 0.6) is 5.75 Å². The van der Waals surface area contributed by atoms with E-state index in [1.54, 1.807) is 13.4 Å². The fourth-order valence-corrected chi connectivity index (χ4v) is 3.17. The topological polar surface area (TPSA) is 72.3 Å². The molecule has 1 fully saturated rings. The van der Waals surface area contributed by atoms with Crippen molar-refractivity contribution < 1.29 is 9.53 Å². The summed E-state index contributed by atoms with van der Waals surface area (Å²) in [7, 11) is 3.58. The van der Waals surface area contributed by atoms with E-state index in [0.29, 0.717) is 13.1 Å². The number of ether oxygens (including phenoxy) is 1. The van der Waals surface area contributed by atoms with Crippen LogP contribution in [-0.2, 0) is 13.6 Å². The molecule has 1 aliphatic heterocycles. The van der Waals surface area contributed by atoms with E-state index in [4.69, 9.17) is 4.74 Å². The smallest absolute Gasteiger partial charge is 0.317 e. The summed E-state index contributed by atoms with van der Waals surface area (Å²) in [5.41, 5.74) is 0.968. The Labute approximate surface area is 141 Å². The minimum atomic E-state index is -0.0484. The van der Waals surface area contributed by atoms with Crippen LogP contribution in [0.15, 0.2) is 30.6 Å². The molecule has 7 nitrogen and oxygen atoms in total. The molecule has 1 aromatic carbocycles. The molecule has 1 aliphatic rings. The van der Waals surface area contributed by atoms with Gasteiger partial charge in [0, 0.05) is 38.2 Å². The monoisotopic (exact) mass is 329 g/mol. The van der Waals surface area contributed by atoms with Crippen LogP contribution >= 0.6 is 0 Å². The SMILES string of the molecule is COc1ccccc1CNC(=O)N1CCC[C@@H](c2nncn2C)C1. The maximum Gasteiger partial charge on any atom is 0.317 e. The summed E-state index contributed by atoms with van der Waals surface area (Å²) in [5, 5.41) is 11.1. The number of urea groups is 1. The fraction of sp³-hybridized carbons (Fsp3) is 0.471. The second kappa shape index (κ2) is 7.33. The molecule has 0 unspecified atom stereocenters. The number of nitrogens with one attached hydrogen (secondary N) is 1. The third-order valence-corrected chi connectivity index (χ3v) is 4.44. The Morgan fingerprint density at radius 2 is 2.25 bits per heavy atom. The number of aromatic nitrogens is 3. The lowest BCUT2D eigenvalue weighted by Gasteiger charge is -2.32. The molecule has 0 aliphatic carbocycles. The van der Waals surface area contributed by atoms with E-state index in [-0.39, 0.29) is 11.9 Å². The number of likely N-dealkylation sites (tertiary alicyclic amines) is 1. The second-order valence-electron chi connectivity index (χ2n) is 6.06. The van der Waals surface area contributed by atoms with Gasteiger partial charge in [-0.2, -0.15) is 0 Å². The largest absolute Gasteiger partial charge is 0.496 e. The van der Waals surface area contributed by atoms with E-state index in [1.165, 1.54) is 0 Å². The first-order valence-electron chi connectivity index (χ1n) is 8.17. The first kappa shape index (κ1) is 16.3. The highest BCUT2D eigenvalue weighted by Gasteiger charge is 2.27. The molecule has 2 heterocycles. The number of amides is 2. The molecule has 24 heavy (non-hydrogen) atoms. The van der Waals surface area contributed by atoms with Crippen molar-refractivity contribution in [3.05, 3.63) is 42.0 Å². The molecule has 1 aromatic heterocycles. The van der Waals surface area contributed by atoms with Crippen molar-refractivity contribution in [2.75, 3.05) is 20.2 Å². The van der Waals surface area contributed by atoms with Gasteiger partial charge in [0.2, 0.25) is 0 Å². The highest BCUT2D eigenvalue weighted by molar-refractivity contribution is 5.74. The predicted molar refractivity (Wildman–Crippen MR) is 89.8 cm³/mol.